The molecule has 1 atom stereocenters. The van der Waals surface area contributed by atoms with Gasteiger partial charge in [0.15, 0.2) is 5.96 Å². The second-order valence-corrected chi connectivity index (χ2v) is 6.78. The molecule has 0 spiro atoms. The molecule has 1 aromatic carbocycles. The molecule has 0 aromatic heterocycles. The van der Waals surface area contributed by atoms with Crippen molar-refractivity contribution in [2.75, 3.05) is 53.5 Å². The van der Waals surface area contributed by atoms with Crippen LogP contribution in [0.5, 0.6) is 0 Å². The molecule has 1 saturated heterocycles. The van der Waals surface area contributed by atoms with E-state index in [4.69, 9.17) is 4.74 Å². The Morgan fingerprint density at radius 2 is 1.96 bits per heavy atom. The standard InChI is InChI=1S/C20H34N4O/c1-5-6-11-23(4)20(21-3)22-16-19(24-12-14-25-15-13-24)18-9-7-17(2)8-10-18/h7-10,19H,5-6,11-16H2,1-4H3,(H,21,22). The molecule has 5 heteroatoms. The number of ether oxygens (including phenoxy) is 1. The van der Waals surface area contributed by atoms with Crippen LogP contribution in [0.4, 0.5) is 0 Å². The van der Waals surface area contributed by atoms with Crippen LogP contribution in [0.1, 0.15) is 36.9 Å². The first-order valence-corrected chi connectivity index (χ1v) is 9.45. The van der Waals surface area contributed by atoms with Crippen LogP contribution in [0.15, 0.2) is 29.3 Å². The molecular weight excluding hydrogens is 312 g/mol. The molecule has 1 aliphatic heterocycles. The predicted molar refractivity (Wildman–Crippen MR) is 105 cm³/mol. The number of benzene rings is 1. The molecule has 1 heterocycles. The van der Waals surface area contributed by atoms with E-state index in [-0.39, 0.29) is 0 Å². The van der Waals surface area contributed by atoms with Gasteiger partial charge in [-0.3, -0.25) is 9.89 Å². The van der Waals surface area contributed by atoms with Crippen molar-refractivity contribution in [3.05, 3.63) is 35.4 Å². The number of guanidine groups is 1. The summed E-state index contributed by atoms with van der Waals surface area (Å²) in [5.74, 6) is 0.971. The Balaban J connectivity index is 2.05. The van der Waals surface area contributed by atoms with E-state index >= 15 is 0 Å². The van der Waals surface area contributed by atoms with Gasteiger partial charge in [-0.25, -0.2) is 0 Å². The average Bonchev–Trinajstić information content (AvgIpc) is 2.65. The largest absolute Gasteiger partial charge is 0.379 e. The van der Waals surface area contributed by atoms with Crippen LogP contribution in [0, 0.1) is 6.92 Å². The Morgan fingerprint density at radius 1 is 1.28 bits per heavy atom. The van der Waals surface area contributed by atoms with Crippen molar-refractivity contribution < 1.29 is 4.74 Å². The van der Waals surface area contributed by atoms with Crippen LogP contribution >= 0.6 is 0 Å². The van der Waals surface area contributed by atoms with Crippen LogP contribution < -0.4 is 5.32 Å². The quantitative estimate of drug-likeness (QED) is 0.609. The van der Waals surface area contributed by atoms with Gasteiger partial charge in [0.05, 0.1) is 19.3 Å². The third-order valence-corrected chi connectivity index (χ3v) is 4.82. The summed E-state index contributed by atoms with van der Waals surface area (Å²) < 4.78 is 5.54. The summed E-state index contributed by atoms with van der Waals surface area (Å²) in [5, 5.41) is 3.58. The van der Waals surface area contributed by atoms with Crippen LogP contribution in [-0.4, -0.2) is 69.2 Å². The SMILES string of the molecule is CCCCN(C)C(=NC)NCC(c1ccc(C)cc1)N1CCOCC1. The molecular formula is C20H34N4O. The maximum absolute atomic E-state index is 5.54. The van der Waals surface area contributed by atoms with Crippen molar-refractivity contribution in [2.45, 2.75) is 32.7 Å². The third kappa shape index (κ3) is 6.01. The number of nitrogens with zero attached hydrogens (tertiary/aromatic N) is 3. The zero-order chi connectivity index (χ0) is 18.1. The highest BCUT2D eigenvalue weighted by molar-refractivity contribution is 5.79. The number of aryl methyl sites for hydroxylation is 1. The molecule has 1 aromatic rings. The lowest BCUT2D eigenvalue weighted by molar-refractivity contribution is 0.0169. The van der Waals surface area contributed by atoms with Gasteiger partial charge < -0.3 is 15.0 Å². The lowest BCUT2D eigenvalue weighted by Gasteiger charge is -2.35. The zero-order valence-electron chi connectivity index (χ0n) is 16.3. The van der Waals surface area contributed by atoms with E-state index < -0.39 is 0 Å². The fourth-order valence-electron chi connectivity index (χ4n) is 3.21. The summed E-state index contributed by atoms with van der Waals surface area (Å²) in [4.78, 5) is 9.19. The van der Waals surface area contributed by atoms with Crippen molar-refractivity contribution in [2.24, 2.45) is 4.99 Å². The summed E-state index contributed by atoms with van der Waals surface area (Å²) in [5.41, 5.74) is 2.65. The summed E-state index contributed by atoms with van der Waals surface area (Å²) in [7, 11) is 3.97. The minimum Gasteiger partial charge on any atom is -0.379 e. The Hall–Kier alpha value is -1.59. The van der Waals surface area contributed by atoms with Gasteiger partial charge in [-0.05, 0) is 18.9 Å². The van der Waals surface area contributed by atoms with Gasteiger partial charge in [0, 0.05) is 40.3 Å². The van der Waals surface area contributed by atoms with Gasteiger partial charge in [-0.1, -0.05) is 43.2 Å². The van der Waals surface area contributed by atoms with E-state index in [0.29, 0.717) is 6.04 Å². The van der Waals surface area contributed by atoms with Gasteiger partial charge in [0.25, 0.3) is 0 Å². The fraction of sp³-hybridized carbons (Fsp3) is 0.650. The summed E-state index contributed by atoms with van der Waals surface area (Å²) in [6, 6.07) is 9.23. The highest BCUT2D eigenvalue weighted by atomic mass is 16.5. The molecule has 0 bridgehead atoms. The van der Waals surface area contributed by atoms with Gasteiger partial charge in [0.2, 0.25) is 0 Å². The van der Waals surface area contributed by atoms with E-state index in [9.17, 15) is 0 Å². The van der Waals surface area contributed by atoms with Crippen molar-refractivity contribution in [1.82, 2.24) is 15.1 Å². The van der Waals surface area contributed by atoms with Crippen molar-refractivity contribution >= 4 is 5.96 Å². The van der Waals surface area contributed by atoms with Gasteiger partial charge in [0.1, 0.15) is 0 Å². The molecule has 1 aliphatic rings. The van der Waals surface area contributed by atoms with Crippen LogP contribution in [0.3, 0.4) is 0 Å². The molecule has 1 N–H and O–H groups in total. The maximum Gasteiger partial charge on any atom is 0.193 e. The second-order valence-electron chi connectivity index (χ2n) is 6.78. The molecule has 0 amide bonds. The zero-order valence-corrected chi connectivity index (χ0v) is 16.3. The number of rotatable bonds is 7. The first-order chi connectivity index (χ1) is 12.2. The molecule has 0 aliphatic carbocycles. The van der Waals surface area contributed by atoms with Crippen LogP contribution in [-0.2, 0) is 4.74 Å². The minimum absolute atomic E-state index is 0.334. The van der Waals surface area contributed by atoms with E-state index in [0.717, 1.165) is 45.4 Å². The van der Waals surface area contributed by atoms with E-state index in [1.807, 2.05) is 7.05 Å². The smallest absolute Gasteiger partial charge is 0.193 e. The number of morpholine rings is 1. The topological polar surface area (TPSA) is 40.1 Å². The first-order valence-electron chi connectivity index (χ1n) is 9.45. The lowest BCUT2D eigenvalue weighted by atomic mass is 10.0. The van der Waals surface area contributed by atoms with E-state index in [1.165, 1.54) is 24.0 Å². The molecule has 2 rings (SSSR count). The number of nitrogens with one attached hydrogen (secondary N) is 1. The maximum atomic E-state index is 5.54. The van der Waals surface area contributed by atoms with Gasteiger partial charge in [-0.15, -0.1) is 0 Å². The van der Waals surface area contributed by atoms with Gasteiger partial charge in [-0.2, -0.15) is 0 Å². The number of hydrogen-bond donors (Lipinski definition) is 1. The summed E-state index contributed by atoms with van der Waals surface area (Å²) in [6.45, 7) is 9.82. The van der Waals surface area contributed by atoms with Crippen molar-refractivity contribution in [3.63, 3.8) is 0 Å². The Kier molecular flexibility index (Phi) is 8.22. The number of unbranched alkanes of at least 4 members (excludes halogenated alkanes) is 1. The molecule has 1 unspecified atom stereocenters. The number of hydrogen-bond acceptors (Lipinski definition) is 3. The van der Waals surface area contributed by atoms with Crippen molar-refractivity contribution in [3.8, 4) is 0 Å². The first kappa shape index (κ1) is 19.7. The highest BCUT2D eigenvalue weighted by Crippen LogP contribution is 2.21. The molecule has 140 valence electrons. The summed E-state index contributed by atoms with van der Waals surface area (Å²) in [6.07, 6.45) is 2.38. The monoisotopic (exact) mass is 346 g/mol. The van der Waals surface area contributed by atoms with E-state index in [1.54, 1.807) is 0 Å². The lowest BCUT2D eigenvalue weighted by Crippen LogP contribution is -2.46. The summed E-state index contributed by atoms with van der Waals surface area (Å²) >= 11 is 0. The molecule has 5 nitrogen and oxygen atoms in total. The van der Waals surface area contributed by atoms with E-state index in [2.05, 4.69) is 65.3 Å². The third-order valence-electron chi connectivity index (χ3n) is 4.82. The molecule has 0 radical (unpaired) electrons. The molecule has 1 fully saturated rings. The minimum atomic E-state index is 0.334. The van der Waals surface area contributed by atoms with Crippen molar-refractivity contribution in [1.29, 1.82) is 0 Å². The molecule has 25 heavy (non-hydrogen) atoms. The normalized spacial score (nSPS) is 17.4. The predicted octanol–water partition coefficient (Wildman–Crippen LogP) is 2.68. The Bertz CT molecular complexity index is 523. The van der Waals surface area contributed by atoms with Crippen LogP contribution in [0.25, 0.3) is 0 Å². The molecule has 0 saturated carbocycles. The van der Waals surface area contributed by atoms with Gasteiger partial charge >= 0.3 is 0 Å². The van der Waals surface area contributed by atoms with Crippen LogP contribution in [0.2, 0.25) is 0 Å². The number of aliphatic imine (C=N–C) groups is 1. The highest BCUT2D eigenvalue weighted by Gasteiger charge is 2.23. The Labute approximate surface area is 153 Å². The second kappa shape index (κ2) is 10.4. The average molecular weight is 347 g/mol. The fourth-order valence-corrected chi connectivity index (χ4v) is 3.21. The Morgan fingerprint density at radius 3 is 2.56 bits per heavy atom.